The van der Waals surface area contributed by atoms with Crippen LogP contribution in [0.1, 0.15) is 0 Å². The molecule has 0 fully saturated rings. The standard InChI is InChI=1S/C11H18N5O6P/c1-20-4-7(22-6-23(17,18)19)3-16-5-13-8-9(16)14-11(12)15-10(8)21-2/h5,7H,3-4,6H2,1-2H3,(H2,12,14,15)(H2,17,18,19)/t7-/m1/s1. The maximum Gasteiger partial charge on any atom is 0.350 e. The number of fused-ring (bicyclic) bond motifs is 1. The molecular weight excluding hydrogens is 329 g/mol. The molecule has 4 N–H and O–H groups in total. The van der Waals surface area contributed by atoms with Gasteiger partial charge in [0.1, 0.15) is 6.35 Å². The molecule has 0 aliphatic heterocycles. The first-order valence-corrected chi connectivity index (χ1v) is 8.31. The Morgan fingerprint density at radius 2 is 2.13 bits per heavy atom. The van der Waals surface area contributed by atoms with Gasteiger partial charge < -0.3 is 34.3 Å². The summed E-state index contributed by atoms with van der Waals surface area (Å²) < 4.78 is 27.9. The highest BCUT2D eigenvalue weighted by atomic mass is 31.2. The molecule has 0 aliphatic rings. The minimum Gasteiger partial charge on any atom is -0.479 e. The third-order valence-corrected chi connectivity index (χ3v) is 3.36. The van der Waals surface area contributed by atoms with E-state index in [1.807, 2.05) is 0 Å². The van der Waals surface area contributed by atoms with Gasteiger partial charge in [-0.05, 0) is 0 Å². The van der Waals surface area contributed by atoms with Gasteiger partial charge in [-0.3, -0.25) is 4.57 Å². The van der Waals surface area contributed by atoms with Gasteiger partial charge in [-0.1, -0.05) is 0 Å². The van der Waals surface area contributed by atoms with Gasteiger partial charge in [-0.25, -0.2) is 4.98 Å². The molecule has 2 heterocycles. The Kier molecular flexibility index (Phi) is 5.50. The van der Waals surface area contributed by atoms with Crippen molar-refractivity contribution in [1.29, 1.82) is 0 Å². The van der Waals surface area contributed by atoms with Gasteiger partial charge in [0.15, 0.2) is 11.2 Å². The molecule has 0 bridgehead atoms. The van der Waals surface area contributed by atoms with E-state index in [9.17, 15) is 4.57 Å². The van der Waals surface area contributed by atoms with Crippen LogP contribution in [0.5, 0.6) is 5.88 Å². The monoisotopic (exact) mass is 347 g/mol. The number of ether oxygens (including phenoxy) is 3. The van der Waals surface area contributed by atoms with E-state index in [-0.39, 0.29) is 25.0 Å². The largest absolute Gasteiger partial charge is 0.479 e. The van der Waals surface area contributed by atoms with Crippen LogP contribution in [0.15, 0.2) is 6.33 Å². The number of nitrogen functional groups attached to an aromatic ring is 1. The van der Waals surface area contributed by atoms with Gasteiger partial charge >= 0.3 is 7.60 Å². The smallest absolute Gasteiger partial charge is 0.350 e. The molecule has 2 aromatic heterocycles. The molecule has 1 atom stereocenters. The lowest BCUT2D eigenvalue weighted by molar-refractivity contribution is 0.00416. The molecular formula is C11H18N5O6P. The predicted molar refractivity (Wildman–Crippen MR) is 79.9 cm³/mol. The quantitative estimate of drug-likeness (QED) is 0.536. The second-order valence-electron chi connectivity index (χ2n) is 4.70. The molecule has 128 valence electrons. The second kappa shape index (κ2) is 7.20. The number of imidazole rings is 1. The summed E-state index contributed by atoms with van der Waals surface area (Å²) in [7, 11) is -1.37. The van der Waals surface area contributed by atoms with Crippen LogP contribution in [0.4, 0.5) is 5.95 Å². The van der Waals surface area contributed by atoms with Gasteiger partial charge in [0.05, 0.1) is 32.7 Å². The third-order valence-electron chi connectivity index (χ3n) is 2.87. The van der Waals surface area contributed by atoms with E-state index in [0.717, 1.165) is 0 Å². The van der Waals surface area contributed by atoms with E-state index in [4.69, 9.17) is 29.7 Å². The van der Waals surface area contributed by atoms with Crippen molar-refractivity contribution >= 4 is 24.7 Å². The number of methoxy groups -OCH3 is 2. The Bertz CT molecular complexity index is 716. The van der Waals surface area contributed by atoms with E-state index in [1.54, 1.807) is 4.57 Å². The molecule has 0 spiro atoms. The van der Waals surface area contributed by atoms with E-state index >= 15 is 0 Å². The van der Waals surface area contributed by atoms with E-state index in [2.05, 4.69) is 15.0 Å². The molecule has 12 heteroatoms. The van der Waals surface area contributed by atoms with E-state index in [0.29, 0.717) is 11.2 Å². The van der Waals surface area contributed by atoms with Crippen LogP contribution in [-0.2, 0) is 20.6 Å². The van der Waals surface area contributed by atoms with Gasteiger partial charge in [0.25, 0.3) is 0 Å². The van der Waals surface area contributed by atoms with Gasteiger partial charge in [-0.15, -0.1) is 0 Å². The summed E-state index contributed by atoms with van der Waals surface area (Å²) in [5.41, 5.74) is 6.48. The lowest BCUT2D eigenvalue weighted by Gasteiger charge is -2.18. The summed E-state index contributed by atoms with van der Waals surface area (Å²) in [5.74, 6) is 0.265. The minimum absolute atomic E-state index is 0.0236. The van der Waals surface area contributed by atoms with Crippen LogP contribution >= 0.6 is 7.60 Å². The van der Waals surface area contributed by atoms with Crippen molar-refractivity contribution in [2.24, 2.45) is 0 Å². The molecule has 11 nitrogen and oxygen atoms in total. The predicted octanol–water partition coefficient (Wildman–Crippen LogP) is -0.416. The molecule has 0 amide bonds. The minimum atomic E-state index is -4.27. The number of hydrogen-bond donors (Lipinski definition) is 3. The normalized spacial score (nSPS) is 13.4. The topological polar surface area (TPSA) is 155 Å². The van der Waals surface area contributed by atoms with Crippen LogP contribution in [0, 0.1) is 0 Å². The highest BCUT2D eigenvalue weighted by molar-refractivity contribution is 7.51. The summed E-state index contributed by atoms with van der Waals surface area (Å²) in [6.07, 6.45) is 0.186. The van der Waals surface area contributed by atoms with Gasteiger partial charge in [-0.2, -0.15) is 9.97 Å². The van der Waals surface area contributed by atoms with Gasteiger partial charge in [0.2, 0.25) is 11.8 Å². The van der Waals surface area contributed by atoms with Crippen LogP contribution in [0.25, 0.3) is 11.2 Å². The Morgan fingerprint density at radius 3 is 2.74 bits per heavy atom. The fraction of sp³-hybridized carbons (Fsp3) is 0.545. The van der Waals surface area contributed by atoms with Crippen LogP contribution in [0.2, 0.25) is 0 Å². The Morgan fingerprint density at radius 1 is 1.39 bits per heavy atom. The number of nitrogens with zero attached hydrogens (tertiary/aromatic N) is 4. The summed E-state index contributed by atoms with van der Waals surface area (Å²) in [5, 5.41) is 0. The number of nitrogens with two attached hydrogens (primary N) is 1. The fourth-order valence-corrected chi connectivity index (χ4v) is 2.38. The Balaban J connectivity index is 2.24. The number of anilines is 1. The van der Waals surface area contributed by atoms with Crippen molar-refractivity contribution in [3.05, 3.63) is 6.33 Å². The first kappa shape index (κ1) is 17.6. The van der Waals surface area contributed by atoms with E-state index in [1.165, 1.54) is 20.5 Å². The summed E-state index contributed by atoms with van der Waals surface area (Å²) in [4.78, 5) is 30.0. The van der Waals surface area contributed by atoms with Crippen molar-refractivity contribution in [2.75, 3.05) is 32.9 Å². The van der Waals surface area contributed by atoms with E-state index < -0.39 is 20.0 Å². The van der Waals surface area contributed by atoms with Crippen molar-refractivity contribution in [2.45, 2.75) is 12.6 Å². The molecule has 0 unspecified atom stereocenters. The van der Waals surface area contributed by atoms with Crippen LogP contribution < -0.4 is 10.5 Å². The molecule has 0 radical (unpaired) electrons. The fourth-order valence-electron chi connectivity index (χ4n) is 1.97. The van der Waals surface area contributed by atoms with Crippen molar-refractivity contribution in [1.82, 2.24) is 19.5 Å². The highest BCUT2D eigenvalue weighted by Crippen LogP contribution is 2.34. The maximum absolute atomic E-state index is 10.9. The lowest BCUT2D eigenvalue weighted by atomic mass is 10.3. The molecule has 0 aliphatic carbocycles. The Hall–Kier alpha value is -1.78. The van der Waals surface area contributed by atoms with Crippen LogP contribution in [-0.4, -0.2) is 62.6 Å². The lowest BCUT2D eigenvalue weighted by Crippen LogP contribution is -2.25. The Labute approximate surface area is 131 Å². The zero-order chi connectivity index (χ0) is 17.0. The SMILES string of the molecule is COC[C@@H](Cn1cnc2c(OC)nc(N)nc21)OCP(=O)(O)O. The van der Waals surface area contributed by atoms with Crippen molar-refractivity contribution in [3.63, 3.8) is 0 Å². The van der Waals surface area contributed by atoms with Crippen molar-refractivity contribution in [3.8, 4) is 5.88 Å². The number of aromatic nitrogens is 4. The zero-order valence-electron chi connectivity index (χ0n) is 12.6. The molecule has 0 saturated heterocycles. The van der Waals surface area contributed by atoms with Crippen molar-refractivity contribution < 1.29 is 28.6 Å². The summed E-state index contributed by atoms with van der Waals surface area (Å²) in [6.45, 7) is 0.349. The average molecular weight is 347 g/mol. The summed E-state index contributed by atoms with van der Waals surface area (Å²) >= 11 is 0. The van der Waals surface area contributed by atoms with Crippen LogP contribution in [0.3, 0.4) is 0 Å². The molecule has 0 saturated carbocycles. The number of rotatable bonds is 8. The molecule has 2 aromatic rings. The highest BCUT2D eigenvalue weighted by Gasteiger charge is 2.20. The maximum atomic E-state index is 10.9. The third kappa shape index (κ3) is 4.60. The first-order valence-electron chi connectivity index (χ1n) is 6.51. The van der Waals surface area contributed by atoms with Gasteiger partial charge in [0, 0.05) is 7.11 Å². The first-order chi connectivity index (χ1) is 10.8. The second-order valence-corrected chi connectivity index (χ2v) is 6.29. The average Bonchev–Trinajstić information content (AvgIpc) is 2.86. The molecule has 0 aromatic carbocycles. The molecule has 23 heavy (non-hydrogen) atoms. The number of hydrogen-bond acceptors (Lipinski definition) is 8. The zero-order valence-corrected chi connectivity index (χ0v) is 13.5. The summed E-state index contributed by atoms with van der Waals surface area (Å²) in [6, 6.07) is 0. The molecule has 2 rings (SSSR count).